The molecule has 3 heterocycles. The maximum atomic E-state index is 14.2. The highest BCUT2D eigenvalue weighted by Crippen LogP contribution is 2.39. The average molecular weight is 456 g/mol. The summed E-state index contributed by atoms with van der Waals surface area (Å²) in [5.74, 6) is 0.965. The molecule has 2 aromatic carbocycles. The van der Waals surface area contributed by atoms with Crippen LogP contribution in [0.2, 0.25) is 0 Å². The van der Waals surface area contributed by atoms with Crippen LogP contribution in [0.15, 0.2) is 30.6 Å². The van der Waals surface area contributed by atoms with Gasteiger partial charge in [-0.15, -0.1) is 0 Å². The van der Waals surface area contributed by atoms with Gasteiger partial charge in [0.25, 0.3) is 0 Å². The number of fused-ring (bicyclic) bond motifs is 2. The van der Waals surface area contributed by atoms with Gasteiger partial charge in [0.05, 0.1) is 37.2 Å². The maximum Gasteiger partial charge on any atom is 0.151 e. The standard InChI is InChI=1S/C23H25FN4O5/c1-11-19-15(7-13(25)20(11)30-3)26-10-27-23(19)28-14-5-4-12(24)6-16(14)33-18-9-32-21-17(29-2)8-31-22(18)21/h4-7,10,17-18,21-22H,8-9,25H2,1-3H3,(H,26,27,28)/t17?,18?,21-,22-/m1/s1. The van der Waals surface area contributed by atoms with Crippen molar-refractivity contribution in [3.63, 3.8) is 0 Å². The lowest BCUT2D eigenvalue weighted by Crippen LogP contribution is -2.35. The number of nitrogens with zero attached hydrogens (tertiary/aromatic N) is 2. The Labute approximate surface area is 190 Å². The van der Waals surface area contributed by atoms with Gasteiger partial charge in [-0.2, -0.15) is 0 Å². The highest BCUT2D eigenvalue weighted by Gasteiger charge is 2.49. The molecule has 10 heteroatoms. The zero-order valence-corrected chi connectivity index (χ0v) is 18.5. The fourth-order valence-corrected chi connectivity index (χ4v) is 4.51. The van der Waals surface area contributed by atoms with Crippen LogP contribution in [0.25, 0.3) is 10.9 Å². The minimum Gasteiger partial charge on any atom is -0.494 e. The lowest BCUT2D eigenvalue weighted by atomic mass is 10.1. The molecule has 0 amide bonds. The van der Waals surface area contributed by atoms with Gasteiger partial charge in [0, 0.05) is 24.1 Å². The van der Waals surface area contributed by atoms with Gasteiger partial charge in [0.15, 0.2) is 6.10 Å². The first kappa shape index (κ1) is 21.6. The van der Waals surface area contributed by atoms with Crippen LogP contribution in [-0.2, 0) is 14.2 Å². The molecule has 2 aliphatic heterocycles. The Morgan fingerprint density at radius 1 is 1.09 bits per heavy atom. The van der Waals surface area contributed by atoms with Crippen LogP contribution in [0.5, 0.6) is 11.5 Å². The number of methoxy groups -OCH3 is 2. The molecule has 0 saturated carbocycles. The minimum atomic E-state index is -0.425. The fraction of sp³-hybridized carbons (Fsp3) is 0.391. The number of hydrogen-bond acceptors (Lipinski definition) is 9. The lowest BCUT2D eigenvalue weighted by molar-refractivity contribution is -0.0138. The Kier molecular flexibility index (Phi) is 5.65. The summed E-state index contributed by atoms with van der Waals surface area (Å²) in [6.45, 7) is 2.63. The van der Waals surface area contributed by atoms with Crippen molar-refractivity contribution in [3.05, 3.63) is 42.0 Å². The predicted octanol–water partition coefficient (Wildman–Crippen LogP) is 2.97. The first-order valence-electron chi connectivity index (χ1n) is 10.6. The van der Waals surface area contributed by atoms with E-state index in [9.17, 15) is 4.39 Å². The third-order valence-corrected chi connectivity index (χ3v) is 6.09. The van der Waals surface area contributed by atoms with E-state index in [1.807, 2.05) is 6.92 Å². The van der Waals surface area contributed by atoms with Crippen molar-refractivity contribution in [3.8, 4) is 11.5 Å². The lowest BCUT2D eigenvalue weighted by Gasteiger charge is -2.21. The molecule has 0 spiro atoms. The van der Waals surface area contributed by atoms with Crippen LogP contribution < -0.4 is 20.5 Å². The molecule has 0 bridgehead atoms. The number of aromatic nitrogens is 2. The van der Waals surface area contributed by atoms with E-state index >= 15 is 0 Å². The number of halogens is 1. The van der Waals surface area contributed by atoms with E-state index in [4.69, 9.17) is 29.4 Å². The van der Waals surface area contributed by atoms with Crippen LogP contribution in [0.1, 0.15) is 5.56 Å². The van der Waals surface area contributed by atoms with E-state index in [1.165, 1.54) is 18.5 Å². The van der Waals surface area contributed by atoms with Gasteiger partial charge < -0.3 is 34.7 Å². The predicted molar refractivity (Wildman–Crippen MR) is 120 cm³/mol. The Hall–Kier alpha value is -3.21. The number of nitrogen functional groups attached to an aromatic ring is 1. The Balaban J connectivity index is 1.48. The molecule has 1 aromatic heterocycles. The van der Waals surface area contributed by atoms with Crippen LogP contribution >= 0.6 is 0 Å². The number of nitrogens with one attached hydrogen (secondary N) is 1. The van der Waals surface area contributed by atoms with Crippen LogP contribution in [0.3, 0.4) is 0 Å². The highest BCUT2D eigenvalue weighted by molar-refractivity contribution is 5.97. The number of benzene rings is 2. The summed E-state index contributed by atoms with van der Waals surface area (Å²) in [6, 6.07) is 6.01. The molecule has 2 aliphatic rings. The number of aryl methyl sites for hydroxylation is 1. The zero-order chi connectivity index (χ0) is 23.1. The normalized spacial score (nSPS) is 24.1. The number of nitrogens with two attached hydrogens (primary N) is 1. The monoisotopic (exact) mass is 456 g/mol. The molecule has 0 radical (unpaired) electrons. The van der Waals surface area contributed by atoms with Gasteiger partial charge in [-0.25, -0.2) is 14.4 Å². The van der Waals surface area contributed by atoms with Crippen molar-refractivity contribution in [2.75, 3.05) is 38.5 Å². The second kappa shape index (κ2) is 8.62. The smallest absolute Gasteiger partial charge is 0.151 e. The van der Waals surface area contributed by atoms with Crippen molar-refractivity contribution in [2.45, 2.75) is 31.3 Å². The largest absolute Gasteiger partial charge is 0.494 e. The maximum absolute atomic E-state index is 14.2. The van der Waals surface area contributed by atoms with E-state index in [1.54, 1.807) is 26.4 Å². The Morgan fingerprint density at radius 2 is 1.85 bits per heavy atom. The third kappa shape index (κ3) is 3.79. The zero-order valence-electron chi connectivity index (χ0n) is 18.5. The Bertz CT molecular complexity index is 1190. The molecule has 3 N–H and O–H groups in total. The van der Waals surface area contributed by atoms with Gasteiger partial charge in [0.1, 0.15) is 47.8 Å². The van der Waals surface area contributed by atoms with Crippen molar-refractivity contribution < 1.29 is 28.1 Å². The first-order chi connectivity index (χ1) is 16.0. The van der Waals surface area contributed by atoms with Crippen molar-refractivity contribution >= 4 is 28.1 Å². The number of hydrogen-bond donors (Lipinski definition) is 2. The number of rotatable bonds is 6. The van der Waals surface area contributed by atoms with Crippen LogP contribution in [0, 0.1) is 12.7 Å². The molecule has 174 valence electrons. The second-order valence-electron chi connectivity index (χ2n) is 8.03. The van der Waals surface area contributed by atoms with Gasteiger partial charge in [0.2, 0.25) is 0 Å². The quantitative estimate of drug-likeness (QED) is 0.541. The molecule has 33 heavy (non-hydrogen) atoms. The minimum absolute atomic E-state index is 0.147. The molecular formula is C23H25FN4O5. The summed E-state index contributed by atoms with van der Waals surface area (Å²) < 4.78 is 42.9. The van der Waals surface area contributed by atoms with Gasteiger partial charge in [-0.05, 0) is 25.1 Å². The number of ether oxygens (including phenoxy) is 5. The van der Waals surface area contributed by atoms with Gasteiger partial charge >= 0.3 is 0 Å². The molecule has 0 aliphatic carbocycles. The van der Waals surface area contributed by atoms with Crippen molar-refractivity contribution in [1.29, 1.82) is 0 Å². The SMILES string of the molecule is COc1c(N)cc2ncnc(Nc3ccc(F)cc3OC3CO[C@@H]4C(OC)CO[C@H]34)c2c1C. The van der Waals surface area contributed by atoms with Crippen molar-refractivity contribution in [2.24, 2.45) is 0 Å². The van der Waals surface area contributed by atoms with Gasteiger partial charge in [-0.1, -0.05) is 0 Å². The summed E-state index contributed by atoms with van der Waals surface area (Å²) in [4.78, 5) is 8.73. The van der Waals surface area contributed by atoms with E-state index in [0.29, 0.717) is 47.4 Å². The summed E-state index contributed by atoms with van der Waals surface area (Å²) in [7, 11) is 3.18. The van der Waals surface area contributed by atoms with Crippen LogP contribution in [-0.4, -0.2) is 61.8 Å². The third-order valence-electron chi connectivity index (χ3n) is 6.09. The molecule has 4 atom stereocenters. The summed E-state index contributed by atoms with van der Waals surface area (Å²) in [5, 5.41) is 4.00. The molecule has 2 saturated heterocycles. The summed E-state index contributed by atoms with van der Waals surface area (Å²) in [6.07, 6.45) is 0.386. The van der Waals surface area contributed by atoms with Crippen LogP contribution in [0.4, 0.5) is 21.6 Å². The summed E-state index contributed by atoms with van der Waals surface area (Å²) in [5.41, 5.74) is 8.57. The molecule has 9 nitrogen and oxygen atoms in total. The molecular weight excluding hydrogens is 431 g/mol. The molecule has 2 fully saturated rings. The summed E-state index contributed by atoms with van der Waals surface area (Å²) >= 11 is 0. The average Bonchev–Trinajstić information content (AvgIpc) is 3.38. The topological polar surface area (TPSA) is 110 Å². The van der Waals surface area contributed by atoms with E-state index in [0.717, 1.165) is 10.9 Å². The van der Waals surface area contributed by atoms with Gasteiger partial charge in [-0.3, -0.25) is 0 Å². The Morgan fingerprint density at radius 3 is 2.61 bits per heavy atom. The van der Waals surface area contributed by atoms with E-state index in [2.05, 4.69) is 15.3 Å². The second-order valence-corrected chi connectivity index (χ2v) is 8.03. The molecule has 5 rings (SSSR count). The van der Waals surface area contributed by atoms with E-state index in [-0.39, 0.29) is 18.3 Å². The highest BCUT2D eigenvalue weighted by atomic mass is 19.1. The molecule has 3 aromatic rings. The van der Waals surface area contributed by atoms with E-state index < -0.39 is 11.9 Å². The molecule has 2 unspecified atom stereocenters. The fourth-order valence-electron chi connectivity index (χ4n) is 4.51. The van der Waals surface area contributed by atoms with Crippen molar-refractivity contribution in [1.82, 2.24) is 9.97 Å². The first-order valence-corrected chi connectivity index (χ1v) is 10.6. The number of anilines is 3.